The molecule has 1 rings (SSSR count). The molecule has 0 aliphatic heterocycles. The van der Waals surface area contributed by atoms with E-state index in [4.69, 9.17) is 4.74 Å². The van der Waals surface area contributed by atoms with Gasteiger partial charge in [0.2, 0.25) is 0 Å². The molecule has 0 aliphatic carbocycles. The van der Waals surface area contributed by atoms with Crippen molar-refractivity contribution in [2.75, 3.05) is 13.1 Å². The van der Waals surface area contributed by atoms with E-state index in [1.165, 1.54) is 12.0 Å². The summed E-state index contributed by atoms with van der Waals surface area (Å²) in [6.45, 7) is 11.0. The van der Waals surface area contributed by atoms with E-state index in [1.807, 2.05) is 6.07 Å². The monoisotopic (exact) mass is 263 g/mol. The number of aryl methyl sites for hydroxylation is 1. The lowest BCUT2D eigenvalue weighted by atomic mass is 10.1. The maximum absolute atomic E-state index is 6.04. The molecule has 0 saturated heterocycles. The van der Waals surface area contributed by atoms with Gasteiger partial charge in [0.1, 0.15) is 5.75 Å². The van der Waals surface area contributed by atoms with Gasteiger partial charge in [0.05, 0.1) is 6.10 Å². The molecule has 1 aromatic carbocycles. The largest absolute Gasteiger partial charge is 0.490 e. The summed E-state index contributed by atoms with van der Waals surface area (Å²) in [5.41, 5.74) is 1.30. The second kappa shape index (κ2) is 8.98. The highest BCUT2D eigenvalue weighted by atomic mass is 16.5. The van der Waals surface area contributed by atoms with Crippen molar-refractivity contribution < 1.29 is 4.74 Å². The highest BCUT2D eigenvalue weighted by Gasteiger charge is 2.06. The van der Waals surface area contributed by atoms with Crippen LogP contribution in [0.2, 0.25) is 0 Å². The van der Waals surface area contributed by atoms with Crippen molar-refractivity contribution >= 4 is 0 Å². The summed E-state index contributed by atoms with van der Waals surface area (Å²) in [6, 6.07) is 8.34. The van der Waals surface area contributed by atoms with Crippen molar-refractivity contribution in [3.05, 3.63) is 29.8 Å². The third-order valence-electron chi connectivity index (χ3n) is 3.20. The van der Waals surface area contributed by atoms with E-state index in [2.05, 4.69) is 51.2 Å². The summed E-state index contributed by atoms with van der Waals surface area (Å²) in [5, 5.41) is 3.47. The molecular formula is C17H29NO. The molecule has 0 bridgehead atoms. The highest BCUT2D eigenvalue weighted by Crippen LogP contribution is 2.20. The maximum Gasteiger partial charge on any atom is 0.122 e. The zero-order valence-corrected chi connectivity index (χ0v) is 12.9. The van der Waals surface area contributed by atoms with E-state index in [1.54, 1.807) is 0 Å². The van der Waals surface area contributed by atoms with Crippen LogP contribution in [0.4, 0.5) is 0 Å². The maximum atomic E-state index is 6.04. The number of rotatable bonds is 9. The fraction of sp³-hybridized carbons (Fsp3) is 0.647. The van der Waals surface area contributed by atoms with Gasteiger partial charge >= 0.3 is 0 Å². The average molecular weight is 263 g/mol. The SMILES string of the molecule is CCc1ccccc1OC(C)CCCNCC(C)C. The van der Waals surface area contributed by atoms with Crippen LogP contribution in [-0.4, -0.2) is 19.2 Å². The van der Waals surface area contributed by atoms with Crippen molar-refractivity contribution in [2.24, 2.45) is 5.92 Å². The van der Waals surface area contributed by atoms with Gasteiger partial charge < -0.3 is 10.1 Å². The molecule has 1 aromatic rings. The second-order valence-corrected chi connectivity index (χ2v) is 5.63. The molecule has 0 radical (unpaired) electrons. The minimum absolute atomic E-state index is 0.286. The third kappa shape index (κ3) is 6.63. The van der Waals surface area contributed by atoms with Crippen LogP contribution in [0.5, 0.6) is 5.75 Å². The number of ether oxygens (including phenoxy) is 1. The molecule has 0 spiro atoms. The van der Waals surface area contributed by atoms with Gasteiger partial charge in [-0.05, 0) is 56.8 Å². The first kappa shape index (κ1) is 16.0. The Labute approximate surface area is 118 Å². The summed E-state index contributed by atoms with van der Waals surface area (Å²) >= 11 is 0. The highest BCUT2D eigenvalue weighted by molar-refractivity contribution is 5.33. The zero-order valence-electron chi connectivity index (χ0n) is 12.9. The quantitative estimate of drug-likeness (QED) is 0.679. The molecule has 0 aliphatic rings. The van der Waals surface area contributed by atoms with Gasteiger partial charge in [-0.15, -0.1) is 0 Å². The van der Waals surface area contributed by atoms with Crippen LogP contribution in [0.15, 0.2) is 24.3 Å². The summed E-state index contributed by atoms with van der Waals surface area (Å²) in [5.74, 6) is 1.78. The smallest absolute Gasteiger partial charge is 0.122 e. The molecule has 2 nitrogen and oxygen atoms in total. The first-order chi connectivity index (χ1) is 9.13. The van der Waals surface area contributed by atoms with Crippen LogP contribution in [0.1, 0.15) is 46.1 Å². The lowest BCUT2D eigenvalue weighted by Gasteiger charge is -2.17. The van der Waals surface area contributed by atoms with Gasteiger partial charge in [0.25, 0.3) is 0 Å². The molecule has 108 valence electrons. The summed E-state index contributed by atoms with van der Waals surface area (Å²) in [6.07, 6.45) is 3.58. The number of nitrogens with one attached hydrogen (secondary N) is 1. The van der Waals surface area contributed by atoms with Gasteiger partial charge in [0.15, 0.2) is 0 Å². The minimum atomic E-state index is 0.286. The van der Waals surface area contributed by atoms with Crippen molar-refractivity contribution in [3.63, 3.8) is 0 Å². The fourth-order valence-electron chi connectivity index (χ4n) is 2.09. The van der Waals surface area contributed by atoms with E-state index >= 15 is 0 Å². The Hall–Kier alpha value is -1.02. The second-order valence-electron chi connectivity index (χ2n) is 5.63. The molecule has 0 heterocycles. The summed E-state index contributed by atoms with van der Waals surface area (Å²) in [7, 11) is 0. The summed E-state index contributed by atoms with van der Waals surface area (Å²) in [4.78, 5) is 0. The molecule has 1 unspecified atom stereocenters. The molecule has 2 heteroatoms. The van der Waals surface area contributed by atoms with Crippen molar-refractivity contribution in [2.45, 2.75) is 53.1 Å². The van der Waals surface area contributed by atoms with Crippen molar-refractivity contribution in [1.29, 1.82) is 0 Å². The Kier molecular flexibility index (Phi) is 7.57. The van der Waals surface area contributed by atoms with Gasteiger partial charge in [0, 0.05) is 0 Å². The van der Waals surface area contributed by atoms with E-state index in [0.29, 0.717) is 0 Å². The minimum Gasteiger partial charge on any atom is -0.490 e. The van der Waals surface area contributed by atoms with Crippen molar-refractivity contribution in [1.82, 2.24) is 5.32 Å². The van der Waals surface area contributed by atoms with Crippen LogP contribution in [-0.2, 0) is 6.42 Å². The standard InChI is InChI=1S/C17H29NO/c1-5-16-10-6-7-11-17(16)19-15(4)9-8-12-18-13-14(2)3/h6-7,10-11,14-15,18H,5,8-9,12-13H2,1-4H3. The Balaban J connectivity index is 2.25. The van der Waals surface area contributed by atoms with Gasteiger partial charge in [-0.3, -0.25) is 0 Å². The number of para-hydroxylation sites is 1. The molecule has 0 saturated carbocycles. The Morgan fingerprint density at radius 2 is 1.89 bits per heavy atom. The lowest BCUT2D eigenvalue weighted by Crippen LogP contribution is -2.22. The predicted molar refractivity (Wildman–Crippen MR) is 82.9 cm³/mol. The van der Waals surface area contributed by atoms with E-state index < -0.39 is 0 Å². The number of hydrogen-bond donors (Lipinski definition) is 1. The van der Waals surface area contributed by atoms with Crippen LogP contribution in [0.3, 0.4) is 0 Å². The molecule has 1 atom stereocenters. The molecule has 0 fully saturated rings. The van der Waals surface area contributed by atoms with E-state index in [9.17, 15) is 0 Å². The Morgan fingerprint density at radius 1 is 1.16 bits per heavy atom. The molecular weight excluding hydrogens is 234 g/mol. The van der Waals surface area contributed by atoms with Gasteiger partial charge in [-0.25, -0.2) is 0 Å². The molecule has 19 heavy (non-hydrogen) atoms. The number of benzene rings is 1. The topological polar surface area (TPSA) is 21.3 Å². The Bertz CT molecular complexity index is 349. The predicted octanol–water partition coefficient (Wildman–Crippen LogP) is 4.04. The van der Waals surface area contributed by atoms with Crippen LogP contribution in [0.25, 0.3) is 0 Å². The first-order valence-electron chi connectivity index (χ1n) is 7.58. The van der Waals surface area contributed by atoms with Crippen LogP contribution < -0.4 is 10.1 Å². The lowest BCUT2D eigenvalue weighted by molar-refractivity contribution is 0.205. The third-order valence-corrected chi connectivity index (χ3v) is 3.20. The van der Waals surface area contributed by atoms with Crippen molar-refractivity contribution in [3.8, 4) is 5.75 Å². The van der Waals surface area contributed by atoms with Gasteiger partial charge in [-0.1, -0.05) is 39.0 Å². The Morgan fingerprint density at radius 3 is 2.58 bits per heavy atom. The first-order valence-corrected chi connectivity index (χ1v) is 7.58. The molecule has 0 aromatic heterocycles. The molecule has 0 amide bonds. The van der Waals surface area contributed by atoms with E-state index in [0.717, 1.165) is 37.6 Å². The van der Waals surface area contributed by atoms with Gasteiger partial charge in [-0.2, -0.15) is 0 Å². The van der Waals surface area contributed by atoms with E-state index in [-0.39, 0.29) is 6.10 Å². The molecule has 1 N–H and O–H groups in total. The zero-order chi connectivity index (χ0) is 14.1. The number of hydrogen-bond acceptors (Lipinski definition) is 2. The normalized spacial score (nSPS) is 12.7. The summed E-state index contributed by atoms with van der Waals surface area (Å²) < 4.78 is 6.04. The fourth-order valence-corrected chi connectivity index (χ4v) is 2.09. The average Bonchev–Trinajstić information content (AvgIpc) is 2.38. The van der Waals surface area contributed by atoms with Crippen LogP contribution >= 0.6 is 0 Å². The van der Waals surface area contributed by atoms with Crippen LogP contribution in [0, 0.1) is 5.92 Å².